The van der Waals surface area contributed by atoms with Crippen molar-refractivity contribution in [2.75, 3.05) is 40.0 Å². The lowest BCUT2D eigenvalue weighted by Crippen LogP contribution is -2.39. The van der Waals surface area contributed by atoms with Crippen molar-refractivity contribution in [2.24, 2.45) is 10.9 Å². The molecule has 0 radical (unpaired) electrons. The van der Waals surface area contributed by atoms with Crippen LogP contribution < -0.4 is 10.6 Å². The fourth-order valence-electron chi connectivity index (χ4n) is 2.61. The van der Waals surface area contributed by atoms with E-state index >= 15 is 0 Å². The molecule has 1 aromatic carbocycles. The monoisotopic (exact) mass is 387 g/mol. The van der Waals surface area contributed by atoms with Gasteiger partial charge < -0.3 is 20.1 Å². The van der Waals surface area contributed by atoms with Gasteiger partial charge in [-0.15, -0.1) is 0 Å². The lowest BCUT2D eigenvalue weighted by molar-refractivity contribution is 0.0888. The first-order valence-corrected chi connectivity index (χ1v) is 9.43. The van der Waals surface area contributed by atoms with Gasteiger partial charge in [-0.2, -0.15) is 0 Å². The number of benzene rings is 1. The Labute approximate surface area is 160 Å². The zero-order valence-corrected chi connectivity index (χ0v) is 16.4. The van der Waals surface area contributed by atoms with E-state index in [9.17, 15) is 0 Å². The van der Waals surface area contributed by atoms with E-state index in [4.69, 9.17) is 32.7 Å². The Morgan fingerprint density at radius 3 is 2.92 bits per heavy atom. The van der Waals surface area contributed by atoms with Crippen LogP contribution in [-0.2, 0) is 9.47 Å². The van der Waals surface area contributed by atoms with Crippen LogP contribution in [0.2, 0.25) is 10.0 Å². The van der Waals surface area contributed by atoms with Gasteiger partial charge in [0.2, 0.25) is 0 Å². The zero-order valence-electron chi connectivity index (χ0n) is 14.9. The third kappa shape index (κ3) is 7.02. The standard InChI is InChI=1S/C18H27Cl2N3O2/c1-13(15-4-5-16(19)17(20)10-15)23-18(21-2)22-7-3-8-24-11-14-6-9-25-12-14/h4-5,10,13-14H,3,6-9,11-12H2,1-2H3,(H2,21,22,23). The van der Waals surface area contributed by atoms with Gasteiger partial charge in [0, 0.05) is 32.7 Å². The number of hydrogen-bond donors (Lipinski definition) is 2. The minimum absolute atomic E-state index is 0.0691. The second kappa shape index (κ2) is 10.9. The third-order valence-electron chi connectivity index (χ3n) is 4.16. The summed E-state index contributed by atoms with van der Waals surface area (Å²) in [5.74, 6) is 1.32. The van der Waals surface area contributed by atoms with Crippen LogP contribution in [0.4, 0.5) is 0 Å². The Kier molecular flexibility index (Phi) is 8.82. The van der Waals surface area contributed by atoms with E-state index in [1.54, 1.807) is 13.1 Å². The highest BCUT2D eigenvalue weighted by Crippen LogP contribution is 2.25. The number of halogens is 2. The summed E-state index contributed by atoms with van der Waals surface area (Å²) in [6.07, 6.45) is 2.04. The molecule has 0 saturated carbocycles. The first kappa shape index (κ1) is 20.3. The van der Waals surface area contributed by atoms with Gasteiger partial charge in [0.25, 0.3) is 0 Å². The number of nitrogens with zero attached hydrogens (tertiary/aromatic N) is 1. The van der Waals surface area contributed by atoms with E-state index < -0.39 is 0 Å². The van der Waals surface area contributed by atoms with E-state index in [1.807, 2.05) is 12.1 Å². The smallest absolute Gasteiger partial charge is 0.191 e. The van der Waals surface area contributed by atoms with Gasteiger partial charge >= 0.3 is 0 Å². The molecule has 0 spiro atoms. The summed E-state index contributed by atoms with van der Waals surface area (Å²) >= 11 is 12.0. The summed E-state index contributed by atoms with van der Waals surface area (Å²) in [5, 5.41) is 7.76. The Morgan fingerprint density at radius 2 is 2.24 bits per heavy atom. The molecule has 0 bridgehead atoms. The number of nitrogens with one attached hydrogen (secondary N) is 2. The number of ether oxygens (including phenoxy) is 2. The molecule has 1 aliphatic heterocycles. The maximum atomic E-state index is 6.08. The van der Waals surface area contributed by atoms with Crippen LogP contribution in [0.5, 0.6) is 0 Å². The van der Waals surface area contributed by atoms with Crippen LogP contribution in [0.15, 0.2) is 23.2 Å². The lowest BCUT2D eigenvalue weighted by Gasteiger charge is -2.19. The van der Waals surface area contributed by atoms with Crippen molar-refractivity contribution < 1.29 is 9.47 Å². The molecule has 2 atom stereocenters. The van der Waals surface area contributed by atoms with Crippen molar-refractivity contribution in [3.05, 3.63) is 33.8 Å². The number of hydrogen-bond acceptors (Lipinski definition) is 3. The van der Waals surface area contributed by atoms with Gasteiger partial charge in [-0.05, 0) is 37.5 Å². The minimum atomic E-state index is 0.0691. The number of aliphatic imine (C=N–C) groups is 1. The molecular formula is C18H27Cl2N3O2. The van der Waals surface area contributed by atoms with E-state index in [1.165, 1.54) is 0 Å². The quantitative estimate of drug-likeness (QED) is 0.406. The Hall–Kier alpha value is -1.01. The number of rotatable bonds is 8. The van der Waals surface area contributed by atoms with Crippen molar-refractivity contribution >= 4 is 29.2 Å². The summed E-state index contributed by atoms with van der Waals surface area (Å²) in [5.41, 5.74) is 1.06. The molecule has 1 saturated heterocycles. The van der Waals surface area contributed by atoms with Crippen molar-refractivity contribution in [1.82, 2.24) is 10.6 Å². The first-order valence-electron chi connectivity index (χ1n) is 8.67. The van der Waals surface area contributed by atoms with Crippen LogP contribution in [0.25, 0.3) is 0 Å². The lowest BCUT2D eigenvalue weighted by atomic mass is 10.1. The summed E-state index contributed by atoms with van der Waals surface area (Å²) in [4.78, 5) is 4.25. The second-order valence-electron chi connectivity index (χ2n) is 6.20. The molecule has 140 valence electrons. The molecule has 2 rings (SSSR count). The average molecular weight is 388 g/mol. The fraction of sp³-hybridized carbons (Fsp3) is 0.611. The highest BCUT2D eigenvalue weighted by Gasteiger charge is 2.15. The van der Waals surface area contributed by atoms with Crippen molar-refractivity contribution in [3.8, 4) is 0 Å². The van der Waals surface area contributed by atoms with Gasteiger partial charge in [0.1, 0.15) is 0 Å². The van der Waals surface area contributed by atoms with Gasteiger partial charge in [0.15, 0.2) is 5.96 Å². The predicted molar refractivity (Wildman–Crippen MR) is 104 cm³/mol. The topological polar surface area (TPSA) is 54.9 Å². The van der Waals surface area contributed by atoms with E-state index in [2.05, 4.69) is 22.5 Å². The third-order valence-corrected chi connectivity index (χ3v) is 4.89. The Bertz CT molecular complexity index is 563. The Balaban J connectivity index is 1.64. The van der Waals surface area contributed by atoms with Crippen LogP contribution in [0.1, 0.15) is 31.4 Å². The summed E-state index contributed by atoms with van der Waals surface area (Å²) in [6, 6.07) is 5.70. The molecule has 1 aromatic rings. The average Bonchev–Trinajstić information content (AvgIpc) is 3.12. The van der Waals surface area contributed by atoms with Gasteiger partial charge in [-0.3, -0.25) is 4.99 Å². The Morgan fingerprint density at radius 1 is 1.40 bits per heavy atom. The molecule has 7 heteroatoms. The fourth-order valence-corrected chi connectivity index (χ4v) is 2.92. The van der Waals surface area contributed by atoms with Crippen LogP contribution in [0.3, 0.4) is 0 Å². The molecule has 1 heterocycles. The van der Waals surface area contributed by atoms with Gasteiger partial charge in [0.05, 0.1) is 29.3 Å². The van der Waals surface area contributed by atoms with Crippen molar-refractivity contribution in [3.63, 3.8) is 0 Å². The van der Waals surface area contributed by atoms with Crippen LogP contribution >= 0.6 is 23.2 Å². The summed E-state index contributed by atoms with van der Waals surface area (Å²) in [7, 11) is 1.76. The van der Waals surface area contributed by atoms with Crippen LogP contribution in [-0.4, -0.2) is 46.0 Å². The summed E-state index contributed by atoms with van der Waals surface area (Å²) in [6.45, 7) is 6.09. The SMILES string of the molecule is CN=C(NCCCOCC1CCOC1)NC(C)c1ccc(Cl)c(Cl)c1. The molecule has 1 aliphatic rings. The van der Waals surface area contributed by atoms with E-state index in [-0.39, 0.29) is 6.04 Å². The maximum absolute atomic E-state index is 6.08. The maximum Gasteiger partial charge on any atom is 0.191 e. The highest BCUT2D eigenvalue weighted by atomic mass is 35.5. The largest absolute Gasteiger partial charge is 0.381 e. The second-order valence-corrected chi connectivity index (χ2v) is 7.01. The molecule has 5 nitrogen and oxygen atoms in total. The molecule has 1 fully saturated rings. The van der Waals surface area contributed by atoms with E-state index in [0.717, 1.165) is 57.3 Å². The molecule has 0 aromatic heterocycles. The van der Waals surface area contributed by atoms with E-state index in [0.29, 0.717) is 16.0 Å². The molecule has 25 heavy (non-hydrogen) atoms. The van der Waals surface area contributed by atoms with Gasteiger partial charge in [-0.25, -0.2) is 0 Å². The van der Waals surface area contributed by atoms with Crippen molar-refractivity contribution in [2.45, 2.75) is 25.8 Å². The number of guanidine groups is 1. The molecule has 0 amide bonds. The summed E-state index contributed by atoms with van der Waals surface area (Å²) < 4.78 is 11.0. The molecular weight excluding hydrogens is 361 g/mol. The zero-order chi connectivity index (χ0) is 18.1. The molecule has 2 unspecified atom stereocenters. The van der Waals surface area contributed by atoms with Gasteiger partial charge in [-0.1, -0.05) is 29.3 Å². The van der Waals surface area contributed by atoms with Crippen molar-refractivity contribution in [1.29, 1.82) is 0 Å². The first-order chi connectivity index (χ1) is 12.1. The minimum Gasteiger partial charge on any atom is -0.381 e. The highest BCUT2D eigenvalue weighted by molar-refractivity contribution is 6.42. The normalized spacial score (nSPS) is 19.0. The predicted octanol–water partition coefficient (Wildman–Crippen LogP) is 3.66. The van der Waals surface area contributed by atoms with Crippen LogP contribution in [0, 0.1) is 5.92 Å². The molecule has 2 N–H and O–H groups in total. The molecule has 0 aliphatic carbocycles.